The Hall–Kier alpha value is -6.26. The predicted molar refractivity (Wildman–Crippen MR) is 185 cm³/mol. The van der Waals surface area contributed by atoms with Crippen molar-refractivity contribution >= 4 is 34.4 Å². The van der Waals surface area contributed by atoms with E-state index in [2.05, 4.69) is 6.07 Å². The molecule has 3 aliphatic rings. The first kappa shape index (κ1) is 30.1. The lowest BCUT2D eigenvalue weighted by molar-refractivity contribution is -0.130. The second-order valence-electron chi connectivity index (χ2n) is 12.5. The second kappa shape index (κ2) is 11.2. The van der Waals surface area contributed by atoms with Gasteiger partial charge in [0, 0.05) is 0 Å². The number of hydrogen-bond donors (Lipinski definition) is 0. The quantitative estimate of drug-likeness (QED) is 0.182. The van der Waals surface area contributed by atoms with E-state index in [9.17, 15) is 5.26 Å². The number of carbonyl (C=O) groups excluding carboxylic acids is 3. The first-order valence-corrected chi connectivity index (χ1v) is 16.0. The first-order valence-electron chi connectivity index (χ1n) is 16.0. The van der Waals surface area contributed by atoms with Crippen molar-refractivity contribution in [1.82, 2.24) is 0 Å². The normalized spacial score (nSPS) is 23.9. The molecule has 0 aromatic heterocycles. The number of nitrogens with zero attached hydrogens (tertiary/aromatic N) is 2. The number of amides is 2. The number of ether oxygens (including phenoxy) is 2. The van der Waals surface area contributed by atoms with Gasteiger partial charge in [-0.15, -0.1) is 0 Å². The predicted octanol–water partition coefficient (Wildman–Crippen LogP) is 6.76. The van der Waals surface area contributed by atoms with Gasteiger partial charge in [0.15, 0.2) is 5.78 Å². The van der Waals surface area contributed by atoms with Crippen molar-refractivity contribution in [3.63, 3.8) is 0 Å². The van der Waals surface area contributed by atoms with Gasteiger partial charge in [0.05, 0.1) is 54.2 Å². The van der Waals surface area contributed by atoms with Crippen LogP contribution in [0, 0.1) is 23.2 Å². The smallest absolute Gasteiger partial charge is 0.239 e. The van der Waals surface area contributed by atoms with Gasteiger partial charge < -0.3 is 9.47 Å². The summed E-state index contributed by atoms with van der Waals surface area (Å²) in [5, 5.41) is 9.44. The van der Waals surface area contributed by atoms with Gasteiger partial charge in [0.1, 0.15) is 11.5 Å². The zero-order chi connectivity index (χ0) is 33.9. The molecule has 2 fully saturated rings. The van der Waals surface area contributed by atoms with E-state index in [4.69, 9.17) is 9.47 Å². The molecule has 2 amide bonds. The molecule has 7 heteroatoms. The molecule has 1 saturated carbocycles. The fourth-order valence-electron chi connectivity index (χ4n) is 8.58. The maximum Gasteiger partial charge on any atom is 0.239 e. The molecule has 2 bridgehead atoms. The number of rotatable bonds is 7. The number of benzene rings is 5. The Bertz CT molecular complexity index is 2080. The van der Waals surface area contributed by atoms with E-state index >= 15 is 14.4 Å². The molecular formula is C42H30N2O5. The zero-order valence-electron chi connectivity index (χ0n) is 26.8. The zero-order valence-corrected chi connectivity index (χ0v) is 26.8. The Morgan fingerprint density at radius 2 is 0.980 bits per heavy atom. The first-order chi connectivity index (χ1) is 23.9. The molecule has 49 heavy (non-hydrogen) atoms. The summed E-state index contributed by atoms with van der Waals surface area (Å²) >= 11 is 0. The minimum absolute atomic E-state index is 0.204. The third-order valence-electron chi connectivity index (χ3n) is 10.5. The summed E-state index contributed by atoms with van der Waals surface area (Å²) in [6, 6.07) is 42.4. The molecule has 4 atom stereocenters. The lowest BCUT2D eigenvalue weighted by atomic mass is 9.59. The van der Waals surface area contributed by atoms with Crippen LogP contribution in [0.4, 0.5) is 5.69 Å². The van der Waals surface area contributed by atoms with Gasteiger partial charge in [-0.3, -0.25) is 14.4 Å². The topological polar surface area (TPSA) is 96.7 Å². The Morgan fingerprint density at radius 3 is 1.35 bits per heavy atom. The molecule has 0 unspecified atom stereocenters. The van der Waals surface area contributed by atoms with Crippen LogP contribution in [0.5, 0.6) is 11.5 Å². The molecule has 7 nitrogen and oxygen atoms in total. The van der Waals surface area contributed by atoms with E-state index in [0.717, 1.165) is 11.1 Å². The highest BCUT2D eigenvalue weighted by Crippen LogP contribution is 2.74. The number of nitriles is 1. The molecule has 0 radical (unpaired) electrons. The number of anilines is 1. The van der Waals surface area contributed by atoms with Crippen molar-refractivity contribution in [3.05, 3.63) is 161 Å². The number of methoxy groups -OCH3 is 2. The fourth-order valence-corrected chi connectivity index (χ4v) is 8.58. The molecule has 0 N–H and O–H groups in total. The minimum atomic E-state index is -1.53. The largest absolute Gasteiger partial charge is 0.497 e. The number of hydrogen-bond acceptors (Lipinski definition) is 6. The van der Waals surface area contributed by atoms with E-state index in [1.54, 1.807) is 38.5 Å². The molecule has 1 heterocycles. The highest BCUT2D eigenvalue weighted by Gasteiger charge is 2.82. The second-order valence-corrected chi connectivity index (χ2v) is 12.5. The van der Waals surface area contributed by atoms with Gasteiger partial charge in [-0.05, 0) is 81.9 Å². The van der Waals surface area contributed by atoms with Crippen molar-refractivity contribution in [2.24, 2.45) is 11.8 Å². The minimum Gasteiger partial charge on any atom is -0.497 e. The average molecular weight is 643 g/mol. The van der Waals surface area contributed by atoms with Crippen molar-refractivity contribution in [3.8, 4) is 17.6 Å². The molecule has 1 saturated heterocycles. The molecule has 238 valence electrons. The molecular weight excluding hydrogens is 612 g/mol. The van der Waals surface area contributed by atoms with Crippen LogP contribution in [0.2, 0.25) is 0 Å². The van der Waals surface area contributed by atoms with E-state index in [1.165, 1.54) is 4.90 Å². The van der Waals surface area contributed by atoms with Crippen LogP contribution in [0.15, 0.2) is 133 Å². The van der Waals surface area contributed by atoms with Crippen LogP contribution in [-0.4, -0.2) is 31.8 Å². The summed E-state index contributed by atoms with van der Waals surface area (Å²) in [5.41, 5.74) is 1.86. The van der Waals surface area contributed by atoms with Crippen molar-refractivity contribution in [2.75, 3.05) is 19.1 Å². The summed E-state index contributed by atoms with van der Waals surface area (Å²) in [5.74, 6) is -1.91. The summed E-state index contributed by atoms with van der Waals surface area (Å²) in [7, 11) is 3.19. The van der Waals surface area contributed by atoms with Crippen LogP contribution in [-0.2, 0) is 25.2 Å². The van der Waals surface area contributed by atoms with Crippen molar-refractivity contribution in [2.45, 2.75) is 10.8 Å². The molecule has 8 rings (SSSR count). The number of fused-ring (bicyclic) bond motifs is 5. The van der Waals surface area contributed by atoms with Crippen LogP contribution >= 0.6 is 0 Å². The van der Waals surface area contributed by atoms with Crippen LogP contribution < -0.4 is 14.4 Å². The molecule has 2 aliphatic carbocycles. The van der Waals surface area contributed by atoms with E-state index in [1.807, 2.05) is 109 Å². The number of carbonyl (C=O) groups is 3. The lowest BCUT2D eigenvalue weighted by Gasteiger charge is -2.39. The van der Waals surface area contributed by atoms with Crippen LogP contribution in [0.1, 0.15) is 27.8 Å². The van der Waals surface area contributed by atoms with E-state index < -0.39 is 34.5 Å². The van der Waals surface area contributed by atoms with Crippen LogP contribution in [0.25, 0.3) is 11.1 Å². The molecule has 1 aliphatic heterocycles. The Labute approximate surface area is 283 Å². The van der Waals surface area contributed by atoms with Gasteiger partial charge in [-0.1, -0.05) is 84.9 Å². The summed E-state index contributed by atoms with van der Waals surface area (Å²) in [4.78, 5) is 47.4. The van der Waals surface area contributed by atoms with Gasteiger partial charge in [-0.25, -0.2) is 4.90 Å². The maximum absolute atomic E-state index is 16.0. The van der Waals surface area contributed by atoms with Gasteiger partial charge in [-0.2, -0.15) is 5.26 Å². The number of allylic oxidation sites excluding steroid dienone is 2. The number of Topliss-reactive ketones (excluding diaryl/α,β-unsaturated/α-hetero) is 1. The molecule has 0 spiro atoms. The van der Waals surface area contributed by atoms with Gasteiger partial charge in [0.25, 0.3) is 0 Å². The summed E-state index contributed by atoms with van der Waals surface area (Å²) in [6.45, 7) is 0. The standard InChI is InChI=1S/C42H30N2O5/c1-48-32-21-15-27(16-22-32)34-35(28-17-23-33(49-2)24-18-28)42(30-11-7-4-8-12-30)37-36(41(34,40(42)47)29-9-5-3-6-10-29)38(45)44(39(37)46)31-19-13-26(25-43)14-20-31/h3-24,36-37H,1-2H3/t36-,37+,41-,42-/m1/s1. The third kappa shape index (κ3) is 3.92. The monoisotopic (exact) mass is 642 g/mol. The lowest BCUT2D eigenvalue weighted by Crippen LogP contribution is -2.45. The van der Waals surface area contributed by atoms with Crippen LogP contribution in [0.3, 0.4) is 0 Å². The summed E-state index contributed by atoms with van der Waals surface area (Å²) < 4.78 is 11.0. The summed E-state index contributed by atoms with van der Waals surface area (Å²) in [6.07, 6.45) is 0. The molecule has 5 aromatic rings. The third-order valence-corrected chi connectivity index (χ3v) is 10.5. The Morgan fingerprint density at radius 1 is 0.571 bits per heavy atom. The highest BCUT2D eigenvalue weighted by atomic mass is 16.5. The maximum atomic E-state index is 16.0. The Balaban J connectivity index is 1.53. The Kier molecular flexibility index (Phi) is 6.86. The highest BCUT2D eigenvalue weighted by molar-refractivity contribution is 6.39. The average Bonchev–Trinajstić information content (AvgIpc) is 3.67. The van der Waals surface area contributed by atoms with E-state index in [0.29, 0.717) is 45.0 Å². The number of ketones is 1. The van der Waals surface area contributed by atoms with Crippen molar-refractivity contribution in [1.29, 1.82) is 5.26 Å². The number of imide groups is 1. The fraction of sp³-hybridized carbons (Fsp3) is 0.143. The SMILES string of the molecule is COc1ccc(C2=C(c3ccc(OC)cc3)[C@@]3(c4ccccc4)C(=O)[C@@]2(c2ccccc2)[C@@H]2C(=O)N(c4ccc(C#N)cc4)C(=O)[C@@H]23)cc1. The molecule has 5 aromatic carbocycles. The van der Waals surface area contributed by atoms with E-state index in [-0.39, 0.29) is 5.78 Å². The van der Waals surface area contributed by atoms with Gasteiger partial charge >= 0.3 is 0 Å². The van der Waals surface area contributed by atoms with Gasteiger partial charge in [0.2, 0.25) is 11.8 Å². The van der Waals surface area contributed by atoms with Crippen molar-refractivity contribution < 1.29 is 23.9 Å².